The number of nitrogens with zero attached hydrogens (tertiary/aromatic N) is 3. The summed E-state index contributed by atoms with van der Waals surface area (Å²) in [6, 6.07) is 2.49. The number of hydrogen-bond acceptors (Lipinski definition) is 5. The van der Waals surface area contributed by atoms with E-state index in [0.29, 0.717) is 6.07 Å². The van der Waals surface area contributed by atoms with Gasteiger partial charge in [-0.05, 0) is 19.9 Å². The van der Waals surface area contributed by atoms with Gasteiger partial charge in [0.05, 0.1) is 6.04 Å². The van der Waals surface area contributed by atoms with E-state index >= 15 is 0 Å². The fourth-order valence-electron chi connectivity index (χ4n) is 3.68. The molecule has 0 aliphatic carbocycles. The number of aromatic nitrogens is 1. The van der Waals surface area contributed by atoms with Crippen LogP contribution < -0.4 is 15.8 Å². The molecule has 1 aromatic heterocycles. The highest BCUT2D eigenvalue weighted by Gasteiger charge is 2.38. The highest BCUT2D eigenvalue weighted by molar-refractivity contribution is 5.99. The van der Waals surface area contributed by atoms with Crippen LogP contribution in [0.5, 0.6) is 5.75 Å². The molecular weight excluding hydrogens is 410 g/mol. The van der Waals surface area contributed by atoms with E-state index in [1.54, 1.807) is 5.01 Å². The minimum atomic E-state index is -1.01. The van der Waals surface area contributed by atoms with Crippen molar-refractivity contribution in [2.75, 3.05) is 11.7 Å². The first kappa shape index (κ1) is 20.6. The molecule has 2 amide bonds. The normalized spacial score (nSPS) is 19.8. The van der Waals surface area contributed by atoms with Crippen LogP contribution in [0.25, 0.3) is 0 Å². The van der Waals surface area contributed by atoms with Crippen molar-refractivity contribution in [2.45, 2.75) is 32.5 Å². The second kappa shape index (κ2) is 7.53. The van der Waals surface area contributed by atoms with E-state index in [4.69, 9.17) is 0 Å². The topological polar surface area (TPSA) is 94.9 Å². The van der Waals surface area contributed by atoms with Gasteiger partial charge in [-0.3, -0.25) is 24.1 Å². The van der Waals surface area contributed by atoms with Gasteiger partial charge >= 0.3 is 0 Å². The Labute approximate surface area is 176 Å². The first-order chi connectivity index (χ1) is 14.7. The van der Waals surface area contributed by atoms with Crippen LogP contribution in [-0.4, -0.2) is 45.2 Å². The van der Waals surface area contributed by atoms with Crippen molar-refractivity contribution in [1.82, 2.24) is 14.9 Å². The number of fused-ring (bicyclic) bond motifs is 4. The maximum atomic E-state index is 13.8. The Balaban J connectivity index is 1.70. The maximum absolute atomic E-state index is 13.8. The van der Waals surface area contributed by atoms with Gasteiger partial charge in [-0.15, -0.1) is 0 Å². The Morgan fingerprint density at radius 2 is 1.90 bits per heavy atom. The molecule has 2 bridgehead atoms. The first-order valence-corrected chi connectivity index (χ1v) is 9.66. The molecule has 0 radical (unpaired) electrons. The zero-order chi connectivity index (χ0) is 22.4. The smallest absolute Gasteiger partial charge is 0.278 e. The summed E-state index contributed by atoms with van der Waals surface area (Å²) in [5.41, 5.74) is -1.60. The molecule has 4 rings (SSSR count). The molecule has 0 saturated carbocycles. The Morgan fingerprint density at radius 1 is 1.19 bits per heavy atom. The zero-order valence-corrected chi connectivity index (χ0v) is 16.8. The number of nitrogens with one attached hydrogen (secondary N) is 1. The number of carbonyl (C=O) groups excluding carboxylic acids is 2. The van der Waals surface area contributed by atoms with Crippen molar-refractivity contribution < 1.29 is 23.5 Å². The molecule has 2 aromatic rings. The molecule has 8 nitrogen and oxygen atoms in total. The van der Waals surface area contributed by atoms with Crippen molar-refractivity contribution in [3.05, 3.63) is 75.2 Å². The van der Waals surface area contributed by atoms with Crippen LogP contribution in [0.2, 0.25) is 0 Å². The predicted octanol–water partition coefficient (Wildman–Crippen LogP) is 1.46. The zero-order valence-electron chi connectivity index (χ0n) is 16.8. The molecule has 3 heterocycles. The van der Waals surface area contributed by atoms with Crippen molar-refractivity contribution >= 4 is 11.8 Å². The Hall–Kier alpha value is -3.69. The molecule has 162 valence electrons. The fourth-order valence-corrected chi connectivity index (χ4v) is 3.68. The monoisotopic (exact) mass is 430 g/mol. The average molecular weight is 430 g/mol. The van der Waals surface area contributed by atoms with Crippen LogP contribution in [0.4, 0.5) is 8.78 Å². The lowest BCUT2D eigenvalue weighted by Crippen LogP contribution is -2.57. The van der Waals surface area contributed by atoms with Crippen molar-refractivity contribution in [2.24, 2.45) is 0 Å². The van der Waals surface area contributed by atoms with E-state index in [-0.39, 0.29) is 36.6 Å². The second-order valence-corrected chi connectivity index (χ2v) is 7.55. The molecule has 1 aromatic carbocycles. The van der Waals surface area contributed by atoms with Crippen LogP contribution in [0.3, 0.4) is 0 Å². The lowest BCUT2D eigenvalue weighted by atomic mass is 10.1. The van der Waals surface area contributed by atoms with Gasteiger partial charge in [0.15, 0.2) is 11.4 Å². The lowest BCUT2D eigenvalue weighted by Gasteiger charge is -2.41. The number of aromatic hydroxyl groups is 1. The Bertz CT molecular complexity index is 1180. The van der Waals surface area contributed by atoms with Crippen molar-refractivity contribution in [3.63, 3.8) is 0 Å². The third-order valence-electron chi connectivity index (χ3n) is 5.53. The van der Waals surface area contributed by atoms with Gasteiger partial charge in [0.1, 0.15) is 23.9 Å². The summed E-state index contributed by atoms with van der Waals surface area (Å²) < 4.78 is 28.2. The summed E-state index contributed by atoms with van der Waals surface area (Å²) in [4.78, 5) is 39.7. The minimum Gasteiger partial charge on any atom is -0.502 e. The minimum absolute atomic E-state index is 0.0307. The largest absolute Gasteiger partial charge is 0.502 e. The molecule has 0 saturated heterocycles. The van der Waals surface area contributed by atoms with Crippen LogP contribution >= 0.6 is 0 Å². The molecule has 0 spiro atoms. The molecule has 10 heteroatoms. The van der Waals surface area contributed by atoms with E-state index in [1.165, 1.54) is 21.8 Å². The van der Waals surface area contributed by atoms with Crippen LogP contribution in [0.15, 0.2) is 41.3 Å². The Kier molecular flexibility index (Phi) is 5.00. The van der Waals surface area contributed by atoms with Gasteiger partial charge in [-0.2, -0.15) is 0 Å². The summed E-state index contributed by atoms with van der Waals surface area (Å²) in [6.07, 6.45) is 4.94. The summed E-state index contributed by atoms with van der Waals surface area (Å²) in [5, 5.41) is 14.6. The first-order valence-electron chi connectivity index (χ1n) is 9.66. The molecular formula is C21H20F2N4O4. The lowest BCUT2D eigenvalue weighted by molar-refractivity contribution is 0.0652. The molecule has 2 aliphatic heterocycles. The summed E-state index contributed by atoms with van der Waals surface area (Å²) in [5.74, 6) is -3.81. The number of halogens is 2. The standard InChI is InChI=1S/C21H20F2N4O4/c1-11-3-4-12(2)27-10-25(11)21(31)17-19(29)18(28)15(9-26(17)27)20(30)24-8-13-5-6-14(22)7-16(13)23/h3-7,9,11-12,29H,8,10H2,1-2H3,(H,24,30)/t11?,12-/m0/s1. The number of pyridine rings is 1. The van der Waals surface area contributed by atoms with Crippen molar-refractivity contribution in [3.8, 4) is 5.75 Å². The quantitative estimate of drug-likeness (QED) is 0.719. The van der Waals surface area contributed by atoms with E-state index in [2.05, 4.69) is 5.32 Å². The second-order valence-electron chi connectivity index (χ2n) is 7.55. The number of hydrogen-bond donors (Lipinski definition) is 2. The van der Waals surface area contributed by atoms with E-state index in [9.17, 15) is 28.3 Å². The number of carbonyl (C=O) groups is 2. The summed E-state index contributed by atoms with van der Waals surface area (Å²) >= 11 is 0. The van der Waals surface area contributed by atoms with Crippen molar-refractivity contribution in [1.29, 1.82) is 0 Å². The highest BCUT2D eigenvalue weighted by Crippen LogP contribution is 2.26. The van der Waals surface area contributed by atoms with Gasteiger partial charge in [-0.25, -0.2) is 8.78 Å². The number of amides is 2. The Morgan fingerprint density at radius 3 is 2.61 bits per heavy atom. The number of rotatable bonds is 3. The average Bonchev–Trinajstić information content (AvgIpc) is 2.85. The predicted molar refractivity (Wildman–Crippen MR) is 107 cm³/mol. The third-order valence-corrected chi connectivity index (χ3v) is 5.53. The van der Waals surface area contributed by atoms with E-state index in [1.807, 2.05) is 26.0 Å². The summed E-state index contributed by atoms with van der Waals surface area (Å²) in [7, 11) is 0. The van der Waals surface area contributed by atoms with E-state index < -0.39 is 40.2 Å². The molecule has 1 unspecified atom stereocenters. The van der Waals surface area contributed by atoms with Gasteiger partial charge in [0, 0.05) is 30.4 Å². The van der Waals surface area contributed by atoms with E-state index in [0.717, 1.165) is 6.07 Å². The summed E-state index contributed by atoms with van der Waals surface area (Å²) in [6.45, 7) is 3.61. The number of benzene rings is 1. The van der Waals surface area contributed by atoms with Crippen LogP contribution in [-0.2, 0) is 6.54 Å². The van der Waals surface area contributed by atoms with Crippen LogP contribution in [0, 0.1) is 11.6 Å². The van der Waals surface area contributed by atoms with Crippen LogP contribution in [0.1, 0.15) is 40.3 Å². The third kappa shape index (κ3) is 3.43. The molecule has 0 fully saturated rings. The maximum Gasteiger partial charge on any atom is 0.278 e. The molecule has 2 aliphatic rings. The highest BCUT2D eigenvalue weighted by atomic mass is 19.1. The molecule has 2 N–H and O–H groups in total. The van der Waals surface area contributed by atoms with Gasteiger partial charge in [-0.1, -0.05) is 18.2 Å². The molecule has 31 heavy (non-hydrogen) atoms. The molecule has 2 atom stereocenters. The van der Waals surface area contributed by atoms with Gasteiger partial charge in [0.25, 0.3) is 11.8 Å². The SMILES string of the molecule is CC1C=C[C@H](C)N2CN1C(=O)c1c(O)c(=O)c(C(=O)NCc3ccc(F)cc3F)cn12. The van der Waals surface area contributed by atoms with Gasteiger partial charge < -0.3 is 15.3 Å². The van der Waals surface area contributed by atoms with Gasteiger partial charge in [0.2, 0.25) is 5.43 Å². The fraction of sp³-hybridized carbons (Fsp3) is 0.286.